The summed E-state index contributed by atoms with van der Waals surface area (Å²) in [7, 11) is 1.75. The molecule has 3 rings (SSSR count). The molecule has 2 heterocycles. The van der Waals surface area contributed by atoms with Crippen LogP contribution in [-0.2, 0) is 7.05 Å². The Morgan fingerprint density at radius 2 is 2.16 bits per heavy atom. The molecule has 2 aromatic heterocycles. The van der Waals surface area contributed by atoms with E-state index in [2.05, 4.69) is 15.1 Å². The van der Waals surface area contributed by atoms with Crippen molar-refractivity contribution < 1.29 is 9.13 Å². The third-order valence-corrected chi connectivity index (χ3v) is 2.69. The molecule has 0 aliphatic rings. The number of hydrogen-bond donors (Lipinski definition) is 1. The largest absolute Gasteiger partial charge is 0.433 e. The maximum atomic E-state index is 13.7. The topological polar surface area (TPSA) is 78.9 Å². The van der Waals surface area contributed by atoms with E-state index in [0.717, 1.165) is 0 Å². The number of nitrogen functional groups attached to an aromatic ring is 1. The molecule has 1 aromatic carbocycles. The lowest BCUT2D eigenvalue weighted by atomic mass is 10.3. The monoisotopic (exact) mass is 259 g/mol. The minimum Gasteiger partial charge on any atom is -0.433 e. The summed E-state index contributed by atoms with van der Waals surface area (Å²) in [4.78, 5) is 8.06. The number of nitrogens with zero attached hydrogens (tertiary/aromatic N) is 4. The summed E-state index contributed by atoms with van der Waals surface area (Å²) in [5, 5.41) is 4.64. The third-order valence-electron chi connectivity index (χ3n) is 2.69. The van der Waals surface area contributed by atoms with Crippen molar-refractivity contribution >= 4 is 16.7 Å². The first kappa shape index (κ1) is 11.4. The normalized spacial score (nSPS) is 10.8. The Hall–Kier alpha value is -2.70. The van der Waals surface area contributed by atoms with Gasteiger partial charge >= 0.3 is 0 Å². The van der Waals surface area contributed by atoms with Gasteiger partial charge in [0, 0.05) is 7.05 Å². The van der Waals surface area contributed by atoms with Gasteiger partial charge < -0.3 is 10.5 Å². The van der Waals surface area contributed by atoms with Crippen LogP contribution in [0.2, 0.25) is 0 Å². The van der Waals surface area contributed by atoms with Crippen molar-refractivity contribution in [3.63, 3.8) is 0 Å². The van der Waals surface area contributed by atoms with Gasteiger partial charge in [-0.3, -0.25) is 4.68 Å². The van der Waals surface area contributed by atoms with Gasteiger partial charge in [0.2, 0.25) is 5.88 Å². The number of aryl methyl sites for hydroxylation is 1. The van der Waals surface area contributed by atoms with E-state index in [1.165, 1.54) is 18.5 Å². The number of anilines is 1. The van der Waals surface area contributed by atoms with Gasteiger partial charge in [-0.15, -0.1) is 0 Å². The first-order valence-corrected chi connectivity index (χ1v) is 5.51. The number of hydrogen-bond acceptors (Lipinski definition) is 5. The lowest BCUT2D eigenvalue weighted by Gasteiger charge is -2.08. The van der Waals surface area contributed by atoms with Crippen LogP contribution in [0.3, 0.4) is 0 Å². The van der Waals surface area contributed by atoms with Crippen LogP contribution in [0.1, 0.15) is 0 Å². The molecule has 0 radical (unpaired) electrons. The molecular weight excluding hydrogens is 249 g/mol. The average molecular weight is 259 g/mol. The fourth-order valence-electron chi connectivity index (χ4n) is 1.75. The minimum absolute atomic E-state index is 0.0497. The summed E-state index contributed by atoms with van der Waals surface area (Å²) in [6.07, 6.45) is 2.89. The van der Waals surface area contributed by atoms with E-state index < -0.39 is 5.82 Å². The van der Waals surface area contributed by atoms with Crippen molar-refractivity contribution in [2.45, 2.75) is 0 Å². The molecule has 7 heteroatoms. The molecule has 0 amide bonds. The zero-order valence-corrected chi connectivity index (χ0v) is 10.0. The lowest BCUT2D eigenvalue weighted by Crippen LogP contribution is -1.98. The number of benzene rings is 1. The SMILES string of the molecule is Cn1ncc2c(Oc3c(N)cccc3F)ncnc21. The van der Waals surface area contributed by atoms with Crippen molar-refractivity contribution in [3.8, 4) is 11.6 Å². The van der Waals surface area contributed by atoms with E-state index >= 15 is 0 Å². The van der Waals surface area contributed by atoms with E-state index in [1.807, 2.05) is 0 Å². The molecule has 0 bridgehead atoms. The van der Waals surface area contributed by atoms with Crippen molar-refractivity contribution in [2.24, 2.45) is 7.05 Å². The van der Waals surface area contributed by atoms with E-state index in [-0.39, 0.29) is 17.3 Å². The van der Waals surface area contributed by atoms with Gasteiger partial charge in [0.05, 0.1) is 11.9 Å². The van der Waals surface area contributed by atoms with Crippen LogP contribution in [0, 0.1) is 5.82 Å². The number of nitrogens with two attached hydrogens (primary N) is 1. The molecule has 0 saturated carbocycles. The smallest absolute Gasteiger partial charge is 0.233 e. The predicted octanol–water partition coefficient (Wildman–Crippen LogP) is 1.88. The van der Waals surface area contributed by atoms with Gasteiger partial charge in [-0.2, -0.15) is 5.10 Å². The Morgan fingerprint density at radius 3 is 2.95 bits per heavy atom. The first-order chi connectivity index (χ1) is 9.16. The lowest BCUT2D eigenvalue weighted by molar-refractivity contribution is 0.434. The first-order valence-electron chi connectivity index (χ1n) is 5.51. The van der Waals surface area contributed by atoms with Crippen molar-refractivity contribution in [1.82, 2.24) is 19.7 Å². The van der Waals surface area contributed by atoms with E-state index in [4.69, 9.17) is 10.5 Å². The predicted molar refractivity (Wildman–Crippen MR) is 67.2 cm³/mol. The van der Waals surface area contributed by atoms with Crippen LogP contribution in [0.15, 0.2) is 30.7 Å². The molecule has 6 nitrogen and oxygen atoms in total. The molecule has 0 atom stereocenters. The van der Waals surface area contributed by atoms with Crippen LogP contribution < -0.4 is 10.5 Å². The van der Waals surface area contributed by atoms with Crippen LogP contribution in [0.4, 0.5) is 10.1 Å². The van der Waals surface area contributed by atoms with Gasteiger partial charge in [0.25, 0.3) is 0 Å². The Balaban J connectivity index is 2.11. The number of rotatable bonds is 2. The fraction of sp³-hybridized carbons (Fsp3) is 0.0833. The highest BCUT2D eigenvalue weighted by atomic mass is 19.1. The van der Waals surface area contributed by atoms with Gasteiger partial charge in [-0.1, -0.05) is 6.07 Å². The Bertz CT molecular complexity index is 735. The maximum absolute atomic E-state index is 13.7. The number of ether oxygens (including phenoxy) is 1. The minimum atomic E-state index is -0.546. The van der Waals surface area contributed by atoms with Crippen molar-refractivity contribution in [1.29, 1.82) is 0 Å². The van der Waals surface area contributed by atoms with E-state index in [9.17, 15) is 4.39 Å². The second-order valence-corrected chi connectivity index (χ2v) is 3.94. The standard InChI is InChI=1S/C12H10FN5O/c1-18-11-7(5-17-18)12(16-6-15-11)19-10-8(13)3-2-4-9(10)14/h2-6H,14H2,1H3. The summed E-state index contributed by atoms with van der Waals surface area (Å²) in [5.74, 6) is -0.378. The molecular formula is C12H10FN5O. The molecule has 0 fully saturated rings. The summed E-state index contributed by atoms with van der Waals surface area (Å²) in [6, 6.07) is 4.34. The molecule has 0 unspecified atom stereocenters. The van der Waals surface area contributed by atoms with E-state index in [1.54, 1.807) is 24.0 Å². The molecule has 0 aliphatic heterocycles. The molecule has 2 N–H and O–H groups in total. The van der Waals surface area contributed by atoms with Gasteiger partial charge in [0.15, 0.2) is 17.2 Å². The van der Waals surface area contributed by atoms with Crippen LogP contribution in [-0.4, -0.2) is 19.7 Å². The number of aromatic nitrogens is 4. The molecule has 0 aliphatic carbocycles. The van der Waals surface area contributed by atoms with Crippen LogP contribution >= 0.6 is 0 Å². The Labute approximate surface area is 107 Å². The summed E-state index contributed by atoms with van der Waals surface area (Å²) in [6.45, 7) is 0. The Morgan fingerprint density at radius 1 is 1.32 bits per heavy atom. The second kappa shape index (κ2) is 4.20. The van der Waals surface area contributed by atoms with Gasteiger partial charge in [0.1, 0.15) is 11.7 Å². The number of para-hydroxylation sites is 1. The average Bonchev–Trinajstić information content (AvgIpc) is 2.77. The fourth-order valence-corrected chi connectivity index (χ4v) is 1.75. The van der Waals surface area contributed by atoms with Crippen LogP contribution in [0.25, 0.3) is 11.0 Å². The molecule has 3 aromatic rings. The summed E-state index contributed by atoms with van der Waals surface area (Å²) in [5.41, 5.74) is 6.49. The zero-order valence-electron chi connectivity index (χ0n) is 10.0. The molecule has 96 valence electrons. The van der Waals surface area contributed by atoms with Crippen LogP contribution in [0.5, 0.6) is 11.6 Å². The quantitative estimate of drug-likeness (QED) is 0.711. The number of halogens is 1. The summed E-state index contributed by atoms with van der Waals surface area (Å²) < 4.78 is 20.7. The van der Waals surface area contributed by atoms with Gasteiger partial charge in [-0.05, 0) is 12.1 Å². The number of fused-ring (bicyclic) bond motifs is 1. The van der Waals surface area contributed by atoms with Gasteiger partial charge in [-0.25, -0.2) is 14.4 Å². The highest BCUT2D eigenvalue weighted by Crippen LogP contribution is 2.32. The zero-order chi connectivity index (χ0) is 13.4. The van der Waals surface area contributed by atoms with Crippen molar-refractivity contribution in [3.05, 3.63) is 36.5 Å². The second-order valence-electron chi connectivity index (χ2n) is 3.94. The molecule has 0 saturated heterocycles. The highest BCUT2D eigenvalue weighted by molar-refractivity contribution is 5.80. The highest BCUT2D eigenvalue weighted by Gasteiger charge is 2.14. The summed E-state index contributed by atoms with van der Waals surface area (Å²) >= 11 is 0. The maximum Gasteiger partial charge on any atom is 0.233 e. The molecule has 19 heavy (non-hydrogen) atoms. The third kappa shape index (κ3) is 1.85. The van der Waals surface area contributed by atoms with Crippen molar-refractivity contribution in [2.75, 3.05) is 5.73 Å². The Kier molecular flexibility index (Phi) is 2.52. The molecule has 0 spiro atoms. The van der Waals surface area contributed by atoms with E-state index in [0.29, 0.717) is 11.0 Å².